The number of pyridine rings is 1. The van der Waals surface area contributed by atoms with Crippen LogP contribution < -0.4 is 5.32 Å². The third-order valence-electron chi connectivity index (χ3n) is 5.58. The number of nitrogens with zero attached hydrogens (tertiary/aromatic N) is 4. The van der Waals surface area contributed by atoms with Crippen molar-refractivity contribution in [1.82, 2.24) is 20.1 Å². The van der Waals surface area contributed by atoms with E-state index in [1.165, 1.54) is 56.4 Å². The van der Waals surface area contributed by atoms with Crippen molar-refractivity contribution < 1.29 is 0 Å². The minimum Gasteiger partial charge on any atom is -0.356 e. The third-order valence-corrected chi connectivity index (χ3v) is 5.58. The number of aromatic nitrogens is 1. The Morgan fingerprint density at radius 2 is 2.08 bits per heavy atom. The fourth-order valence-corrected chi connectivity index (χ4v) is 4.11. The zero-order chi connectivity index (χ0) is 17.5. The van der Waals surface area contributed by atoms with Crippen LogP contribution in [0.1, 0.15) is 36.8 Å². The summed E-state index contributed by atoms with van der Waals surface area (Å²) in [4.78, 5) is 13.8. The largest absolute Gasteiger partial charge is 0.356 e. The van der Waals surface area contributed by atoms with Crippen LogP contribution in [0.2, 0.25) is 0 Å². The van der Waals surface area contributed by atoms with Gasteiger partial charge in [-0.1, -0.05) is 6.42 Å². The van der Waals surface area contributed by atoms with Crippen molar-refractivity contribution >= 4 is 29.9 Å². The van der Waals surface area contributed by atoms with Crippen LogP contribution in [-0.4, -0.2) is 67.1 Å². The molecule has 146 valence electrons. The van der Waals surface area contributed by atoms with Gasteiger partial charge < -0.3 is 15.1 Å². The van der Waals surface area contributed by atoms with Gasteiger partial charge in [-0.25, -0.2) is 0 Å². The Morgan fingerprint density at radius 1 is 1.27 bits per heavy atom. The lowest BCUT2D eigenvalue weighted by Gasteiger charge is -2.29. The van der Waals surface area contributed by atoms with Crippen LogP contribution >= 0.6 is 24.0 Å². The van der Waals surface area contributed by atoms with Crippen molar-refractivity contribution in [1.29, 1.82) is 0 Å². The van der Waals surface area contributed by atoms with Crippen molar-refractivity contribution in [2.24, 2.45) is 10.9 Å². The predicted octanol–water partition coefficient (Wildman–Crippen LogP) is 2.93. The quantitative estimate of drug-likeness (QED) is 0.408. The molecule has 0 radical (unpaired) electrons. The Hall–Kier alpha value is -0.890. The average Bonchev–Trinajstić information content (AvgIpc) is 3.09. The van der Waals surface area contributed by atoms with E-state index in [4.69, 9.17) is 0 Å². The first-order chi connectivity index (χ1) is 12.3. The number of halogens is 1. The molecule has 3 rings (SSSR count). The van der Waals surface area contributed by atoms with Crippen LogP contribution in [0.15, 0.2) is 23.5 Å². The lowest BCUT2D eigenvalue weighted by atomic mass is 10.1. The van der Waals surface area contributed by atoms with Gasteiger partial charge in [0.05, 0.1) is 0 Å². The Bertz CT molecular complexity index is 571. The average molecular weight is 471 g/mol. The number of aryl methyl sites for hydroxylation is 1. The van der Waals surface area contributed by atoms with E-state index < -0.39 is 0 Å². The molecule has 2 saturated heterocycles. The monoisotopic (exact) mass is 471 g/mol. The van der Waals surface area contributed by atoms with Crippen LogP contribution in [0, 0.1) is 12.8 Å². The summed E-state index contributed by atoms with van der Waals surface area (Å²) in [6.45, 7) is 9.19. The number of likely N-dealkylation sites (tertiary alicyclic amines) is 2. The van der Waals surface area contributed by atoms with Gasteiger partial charge in [-0.3, -0.25) is 9.98 Å². The fraction of sp³-hybridized carbons (Fsp3) is 0.700. The molecular formula is C20H34IN5. The highest BCUT2D eigenvalue weighted by Gasteiger charge is 2.26. The summed E-state index contributed by atoms with van der Waals surface area (Å²) in [6, 6.07) is 2.12. The molecule has 0 bridgehead atoms. The molecule has 2 aliphatic heterocycles. The number of hydrogen-bond acceptors (Lipinski definition) is 3. The summed E-state index contributed by atoms with van der Waals surface area (Å²) in [6.07, 6.45) is 10.3. The number of rotatable bonds is 5. The lowest BCUT2D eigenvalue weighted by molar-refractivity contribution is 0.198. The van der Waals surface area contributed by atoms with Crippen LogP contribution in [0.25, 0.3) is 0 Å². The second-order valence-corrected chi connectivity index (χ2v) is 7.49. The zero-order valence-electron chi connectivity index (χ0n) is 16.3. The topological polar surface area (TPSA) is 43.8 Å². The molecule has 1 aromatic rings. The number of piperidine rings is 1. The highest BCUT2D eigenvalue weighted by atomic mass is 127. The summed E-state index contributed by atoms with van der Waals surface area (Å²) in [5.41, 5.74) is 2.63. The molecular weight excluding hydrogens is 437 g/mol. The van der Waals surface area contributed by atoms with Crippen molar-refractivity contribution in [3.8, 4) is 0 Å². The minimum atomic E-state index is 0. The summed E-state index contributed by atoms with van der Waals surface area (Å²) < 4.78 is 0. The van der Waals surface area contributed by atoms with Crippen LogP contribution in [0.5, 0.6) is 0 Å². The molecule has 2 aliphatic rings. The smallest absolute Gasteiger partial charge is 0.193 e. The maximum absolute atomic E-state index is 4.51. The molecule has 5 nitrogen and oxygen atoms in total. The van der Waals surface area contributed by atoms with E-state index in [9.17, 15) is 0 Å². The van der Waals surface area contributed by atoms with Gasteiger partial charge in [0, 0.05) is 45.6 Å². The summed E-state index contributed by atoms with van der Waals surface area (Å²) >= 11 is 0. The molecule has 1 unspecified atom stereocenters. The van der Waals surface area contributed by atoms with E-state index in [1.54, 1.807) is 0 Å². The van der Waals surface area contributed by atoms with E-state index in [1.807, 2.05) is 19.4 Å². The van der Waals surface area contributed by atoms with Crippen molar-refractivity contribution in [2.75, 3.05) is 46.3 Å². The molecule has 1 N–H and O–H groups in total. The molecule has 1 atom stereocenters. The van der Waals surface area contributed by atoms with Gasteiger partial charge in [-0.2, -0.15) is 0 Å². The van der Waals surface area contributed by atoms with Crippen LogP contribution in [0.3, 0.4) is 0 Å². The van der Waals surface area contributed by atoms with E-state index >= 15 is 0 Å². The minimum absolute atomic E-state index is 0. The number of hydrogen-bond donors (Lipinski definition) is 1. The Balaban J connectivity index is 0.00000243. The van der Waals surface area contributed by atoms with E-state index in [-0.39, 0.29) is 24.0 Å². The van der Waals surface area contributed by atoms with Gasteiger partial charge in [0.2, 0.25) is 0 Å². The summed E-state index contributed by atoms with van der Waals surface area (Å²) in [5, 5.41) is 3.55. The second kappa shape index (κ2) is 11.1. The first-order valence-corrected chi connectivity index (χ1v) is 9.83. The van der Waals surface area contributed by atoms with Gasteiger partial charge in [-0.15, -0.1) is 24.0 Å². The van der Waals surface area contributed by atoms with Crippen molar-refractivity contribution in [3.05, 3.63) is 29.6 Å². The molecule has 3 heterocycles. The Labute approximate surface area is 175 Å². The zero-order valence-corrected chi connectivity index (χ0v) is 18.6. The number of aliphatic imine (C=N–C) groups is 1. The summed E-state index contributed by atoms with van der Waals surface area (Å²) in [7, 11) is 1.90. The maximum Gasteiger partial charge on any atom is 0.193 e. The molecule has 6 heteroatoms. The van der Waals surface area contributed by atoms with Crippen molar-refractivity contribution in [3.63, 3.8) is 0 Å². The third kappa shape index (κ3) is 6.08. The molecule has 0 aliphatic carbocycles. The molecule has 1 aromatic heterocycles. The highest BCUT2D eigenvalue weighted by Crippen LogP contribution is 2.19. The molecule has 0 spiro atoms. The van der Waals surface area contributed by atoms with Gasteiger partial charge in [0.25, 0.3) is 0 Å². The molecule has 0 aromatic carbocycles. The van der Waals surface area contributed by atoms with Crippen molar-refractivity contribution in [2.45, 2.75) is 39.0 Å². The number of nitrogens with one attached hydrogen (secondary N) is 1. The second-order valence-electron chi connectivity index (χ2n) is 7.49. The molecule has 2 fully saturated rings. The summed E-state index contributed by atoms with van der Waals surface area (Å²) in [5.74, 6) is 1.85. The normalized spacial score (nSPS) is 21.5. The van der Waals surface area contributed by atoms with Gasteiger partial charge >= 0.3 is 0 Å². The van der Waals surface area contributed by atoms with Crippen LogP contribution in [0.4, 0.5) is 0 Å². The van der Waals surface area contributed by atoms with E-state index in [0.29, 0.717) is 0 Å². The predicted molar refractivity (Wildman–Crippen MR) is 119 cm³/mol. The SMILES string of the molecule is CN=C(NCCc1ccncc1C)N1CCC(CN2CCCCC2)C1.I. The number of guanidine groups is 1. The van der Waals surface area contributed by atoms with Gasteiger partial charge in [0.1, 0.15) is 0 Å². The standard InChI is InChI=1S/C20H33N5.HI/c1-17-14-22-9-6-19(17)7-10-23-20(21-2)25-13-8-18(16-25)15-24-11-4-3-5-12-24;/h6,9,14,18H,3-5,7-8,10-13,15-16H2,1-2H3,(H,21,23);1H. The molecule has 0 saturated carbocycles. The van der Waals surface area contributed by atoms with Gasteiger partial charge in [-0.05, 0) is 68.8 Å². The molecule has 0 amide bonds. The van der Waals surface area contributed by atoms with Gasteiger partial charge in [0.15, 0.2) is 5.96 Å². The highest BCUT2D eigenvalue weighted by molar-refractivity contribution is 14.0. The maximum atomic E-state index is 4.51. The lowest BCUT2D eigenvalue weighted by Crippen LogP contribution is -2.42. The van der Waals surface area contributed by atoms with E-state index in [0.717, 1.165) is 37.9 Å². The first kappa shape index (κ1) is 21.4. The Morgan fingerprint density at radius 3 is 2.81 bits per heavy atom. The Kier molecular flexibility index (Phi) is 9.11. The van der Waals surface area contributed by atoms with E-state index in [2.05, 4.69) is 38.1 Å². The first-order valence-electron chi connectivity index (χ1n) is 9.83. The fourth-order valence-electron chi connectivity index (χ4n) is 4.11. The molecule has 26 heavy (non-hydrogen) atoms. The van der Waals surface area contributed by atoms with Crippen LogP contribution in [-0.2, 0) is 6.42 Å².